The SMILES string of the molecule is Cc1ccc(C(O)(Cc2ccc(F)cc2)C(C=CC2CC2)(C(=O)O)[PH](=O)O)nc1-c1ccccc1. The van der Waals surface area contributed by atoms with Gasteiger partial charge in [0, 0.05) is 12.0 Å². The van der Waals surface area contributed by atoms with E-state index in [-0.39, 0.29) is 18.0 Å². The van der Waals surface area contributed by atoms with E-state index >= 15 is 0 Å². The molecule has 0 spiro atoms. The molecular formula is C27H27FNO5P. The highest BCUT2D eigenvalue weighted by Gasteiger charge is 2.61. The van der Waals surface area contributed by atoms with Crippen LogP contribution in [-0.2, 0) is 21.4 Å². The maximum absolute atomic E-state index is 13.6. The summed E-state index contributed by atoms with van der Waals surface area (Å²) in [5.74, 6) is -2.03. The van der Waals surface area contributed by atoms with Crippen LogP contribution in [0.2, 0.25) is 0 Å². The third-order valence-corrected chi connectivity index (χ3v) is 7.98. The van der Waals surface area contributed by atoms with Crippen molar-refractivity contribution >= 4 is 14.0 Å². The van der Waals surface area contributed by atoms with Crippen molar-refractivity contribution < 1.29 is 28.9 Å². The van der Waals surface area contributed by atoms with Gasteiger partial charge in [-0.25, -0.2) is 9.37 Å². The molecule has 0 amide bonds. The minimum Gasteiger partial charge on any atom is -0.480 e. The molecule has 4 rings (SSSR count). The van der Waals surface area contributed by atoms with Crippen LogP contribution < -0.4 is 0 Å². The second-order valence-electron chi connectivity index (χ2n) is 9.01. The number of carbonyl (C=O) groups is 1. The van der Waals surface area contributed by atoms with E-state index in [4.69, 9.17) is 0 Å². The minimum absolute atomic E-state index is 0.0541. The summed E-state index contributed by atoms with van der Waals surface area (Å²) < 4.78 is 26.5. The molecule has 6 nitrogen and oxygen atoms in total. The summed E-state index contributed by atoms with van der Waals surface area (Å²) in [4.78, 5) is 27.9. The van der Waals surface area contributed by atoms with Gasteiger partial charge in [-0.1, -0.05) is 60.7 Å². The van der Waals surface area contributed by atoms with Gasteiger partial charge in [-0.15, -0.1) is 0 Å². The summed E-state index contributed by atoms with van der Waals surface area (Å²) in [6.45, 7) is 1.84. The summed E-state index contributed by atoms with van der Waals surface area (Å²) in [6, 6.07) is 17.6. The molecule has 8 heteroatoms. The highest BCUT2D eigenvalue weighted by molar-refractivity contribution is 7.42. The molecule has 182 valence electrons. The van der Waals surface area contributed by atoms with Crippen LogP contribution in [0.3, 0.4) is 0 Å². The number of carboxylic acid groups (broad SMARTS) is 1. The number of hydrogen-bond acceptors (Lipinski definition) is 4. The van der Waals surface area contributed by atoms with Gasteiger partial charge < -0.3 is 15.1 Å². The van der Waals surface area contributed by atoms with Crippen molar-refractivity contribution in [2.24, 2.45) is 5.92 Å². The molecular weight excluding hydrogens is 468 g/mol. The Bertz CT molecular complexity index is 1260. The molecule has 0 saturated heterocycles. The Balaban J connectivity index is 1.96. The number of aromatic nitrogens is 1. The molecule has 3 atom stereocenters. The summed E-state index contributed by atoms with van der Waals surface area (Å²) >= 11 is 0. The zero-order valence-electron chi connectivity index (χ0n) is 19.2. The number of carboxylic acids is 1. The van der Waals surface area contributed by atoms with Crippen LogP contribution in [0.15, 0.2) is 78.9 Å². The van der Waals surface area contributed by atoms with Gasteiger partial charge in [0.25, 0.3) is 0 Å². The van der Waals surface area contributed by atoms with E-state index in [0.29, 0.717) is 11.3 Å². The van der Waals surface area contributed by atoms with Crippen LogP contribution in [0.25, 0.3) is 11.3 Å². The molecule has 2 aromatic carbocycles. The number of nitrogens with zero attached hydrogens (tertiary/aromatic N) is 1. The molecule has 3 N–H and O–H groups in total. The molecule has 1 aliphatic carbocycles. The van der Waals surface area contributed by atoms with Crippen molar-refractivity contribution in [1.82, 2.24) is 4.98 Å². The van der Waals surface area contributed by atoms with Crippen LogP contribution >= 0.6 is 8.03 Å². The van der Waals surface area contributed by atoms with E-state index in [2.05, 4.69) is 4.98 Å². The van der Waals surface area contributed by atoms with Gasteiger partial charge in [0.05, 0.1) is 11.4 Å². The van der Waals surface area contributed by atoms with Crippen molar-refractivity contribution in [1.29, 1.82) is 0 Å². The lowest BCUT2D eigenvalue weighted by Crippen LogP contribution is -2.55. The van der Waals surface area contributed by atoms with Crippen molar-refractivity contribution in [3.05, 3.63) is 102 Å². The van der Waals surface area contributed by atoms with Gasteiger partial charge in [0.15, 0.2) is 5.16 Å². The zero-order valence-corrected chi connectivity index (χ0v) is 20.2. The number of aryl methyl sites for hydroxylation is 1. The van der Waals surface area contributed by atoms with Crippen LogP contribution in [0.4, 0.5) is 4.39 Å². The number of allylic oxidation sites excluding steroid dienone is 1. The lowest BCUT2D eigenvalue weighted by atomic mass is 9.77. The minimum atomic E-state index is -3.92. The summed E-state index contributed by atoms with van der Waals surface area (Å²) in [5.41, 5.74) is -0.0157. The number of halogens is 1. The van der Waals surface area contributed by atoms with Gasteiger partial charge in [-0.2, -0.15) is 0 Å². The quantitative estimate of drug-likeness (QED) is 0.288. The van der Waals surface area contributed by atoms with Gasteiger partial charge in [-0.3, -0.25) is 9.36 Å². The van der Waals surface area contributed by atoms with Crippen LogP contribution in [0.1, 0.15) is 29.7 Å². The van der Waals surface area contributed by atoms with Crippen molar-refractivity contribution in [3.63, 3.8) is 0 Å². The van der Waals surface area contributed by atoms with Gasteiger partial charge in [-0.05, 0) is 55.0 Å². The fourth-order valence-electron chi connectivity index (χ4n) is 4.27. The Morgan fingerprint density at radius 1 is 1.11 bits per heavy atom. The Kier molecular flexibility index (Phi) is 7.04. The average molecular weight is 495 g/mol. The Morgan fingerprint density at radius 2 is 1.77 bits per heavy atom. The van der Waals surface area contributed by atoms with E-state index in [1.165, 1.54) is 36.4 Å². The van der Waals surface area contributed by atoms with E-state index in [0.717, 1.165) is 24.0 Å². The van der Waals surface area contributed by atoms with E-state index in [1.54, 1.807) is 12.1 Å². The molecule has 1 heterocycles. The zero-order chi connectivity index (χ0) is 25.2. The monoisotopic (exact) mass is 495 g/mol. The Morgan fingerprint density at radius 3 is 2.34 bits per heavy atom. The molecule has 1 aliphatic rings. The number of hydrogen-bond donors (Lipinski definition) is 3. The lowest BCUT2D eigenvalue weighted by molar-refractivity contribution is -0.147. The normalized spacial score (nSPS) is 18.1. The molecule has 1 aromatic heterocycles. The fourth-order valence-corrected chi connectivity index (χ4v) is 5.26. The number of benzene rings is 2. The summed E-state index contributed by atoms with van der Waals surface area (Å²) in [7, 11) is -3.92. The first-order valence-corrected chi connectivity index (χ1v) is 12.7. The highest BCUT2D eigenvalue weighted by atomic mass is 31.1. The maximum atomic E-state index is 13.6. The first-order chi connectivity index (χ1) is 16.7. The van der Waals surface area contributed by atoms with Crippen molar-refractivity contribution in [2.75, 3.05) is 0 Å². The molecule has 35 heavy (non-hydrogen) atoms. The predicted octanol–water partition coefficient (Wildman–Crippen LogP) is 4.88. The number of rotatable bonds is 9. The van der Waals surface area contributed by atoms with Crippen LogP contribution in [0.5, 0.6) is 0 Å². The topological polar surface area (TPSA) is 108 Å². The molecule has 1 fully saturated rings. The first-order valence-electron chi connectivity index (χ1n) is 11.3. The molecule has 3 unspecified atom stereocenters. The summed E-state index contributed by atoms with van der Waals surface area (Å²) in [6.07, 6.45) is 4.08. The van der Waals surface area contributed by atoms with Gasteiger partial charge >= 0.3 is 5.97 Å². The number of aliphatic carboxylic acids is 1. The molecule has 1 saturated carbocycles. The van der Waals surface area contributed by atoms with Crippen LogP contribution in [0, 0.1) is 18.7 Å². The summed E-state index contributed by atoms with van der Waals surface area (Å²) in [5, 5.41) is 20.0. The second kappa shape index (κ2) is 9.86. The van der Waals surface area contributed by atoms with E-state index < -0.39 is 30.6 Å². The lowest BCUT2D eigenvalue weighted by Gasteiger charge is -2.40. The highest BCUT2D eigenvalue weighted by Crippen LogP contribution is 2.52. The van der Waals surface area contributed by atoms with Crippen molar-refractivity contribution in [3.8, 4) is 11.3 Å². The second-order valence-corrected chi connectivity index (χ2v) is 10.4. The van der Waals surface area contributed by atoms with Gasteiger partial charge in [0.1, 0.15) is 11.4 Å². The van der Waals surface area contributed by atoms with E-state index in [9.17, 15) is 28.9 Å². The van der Waals surface area contributed by atoms with E-state index in [1.807, 2.05) is 37.3 Å². The molecule has 0 aliphatic heterocycles. The fraction of sp³-hybridized carbons (Fsp3) is 0.259. The average Bonchev–Trinajstić information content (AvgIpc) is 3.66. The van der Waals surface area contributed by atoms with Gasteiger partial charge in [0.2, 0.25) is 8.03 Å². The first kappa shape index (κ1) is 25.0. The Hall–Kier alpha value is -3.12. The van der Waals surface area contributed by atoms with Crippen LogP contribution in [-0.4, -0.2) is 31.2 Å². The Labute approximate surface area is 203 Å². The standard InChI is InChI=1S/C27H27FNO5P/c1-18-7-14-23(29-24(18)21-5-3-2-4-6-21)26(32,17-20-10-12-22(28)13-11-20)27(25(30)31,35(33)34)16-15-19-8-9-19/h2-7,10-16,19,32,35H,8-9,17H2,1H3,(H,30,31)(H,33,34). The number of pyridine rings is 1. The molecule has 0 radical (unpaired) electrons. The number of aliphatic hydroxyl groups is 1. The molecule has 0 bridgehead atoms. The largest absolute Gasteiger partial charge is 0.480 e. The third kappa shape index (κ3) is 4.85. The van der Waals surface area contributed by atoms with Crippen molar-refractivity contribution in [2.45, 2.75) is 36.9 Å². The predicted molar refractivity (Wildman–Crippen MR) is 132 cm³/mol. The maximum Gasteiger partial charge on any atom is 0.326 e. The smallest absolute Gasteiger partial charge is 0.326 e. The third-order valence-electron chi connectivity index (χ3n) is 6.51. The molecule has 3 aromatic rings.